The fourth-order valence-corrected chi connectivity index (χ4v) is 2.81. The van der Waals surface area contributed by atoms with Crippen molar-refractivity contribution in [2.75, 3.05) is 49.5 Å². The minimum absolute atomic E-state index is 0.255. The molecule has 1 aromatic heterocycles. The van der Waals surface area contributed by atoms with Gasteiger partial charge in [-0.2, -0.15) is 4.98 Å². The number of carbonyl (C=O) groups is 1. The van der Waals surface area contributed by atoms with Crippen LogP contribution in [0, 0.1) is 0 Å². The van der Waals surface area contributed by atoms with Crippen molar-refractivity contribution in [2.24, 2.45) is 0 Å². The maximum atomic E-state index is 11.8. The summed E-state index contributed by atoms with van der Waals surface area (Å²) in [6.45, 7) is 9.15. The van der Waals surface area contributed by atoms with Crippen molar-refractivity contribution in [1.82, 2.24) is 14.9 Å². The largest absolute Gasteiger partial charge is 0.450 e. The summed E-state index contributed by atoms with van der Waals surface area (Å²) < 4.78 is 5.06. The Balaban J connectivity index is 1.79. The monoisotopic (exact) mass is 341 g/mol. The van der Waals surface area contributed by atoms with Gasteiger partial charge in [-0.05, 0) is 19.1 Å². The average Bonchev–Trinajstić information content (AvgIpc) is 2.66. The summed E-state index contributed by atoms with van der Waals surface area (Å²) in [5.74, 6) is 1.47. The summed E-state index contributed by atoms with van der Waals surface area (Å²) in [5, 5.41) is 4.26. The lowest BCUT2D eigenvalue weighted by atomic mass is 10.2. The molecule has 0 saturated carbocycles. The van der Waals surface area contributed by atoms with E-state index in [-0.39, 0.29) is 6.09 Å². The number of amides is 1. The van der Waals surface area contributed by atoms with Gasteiger partial charge >= 0.3 is 6.09 Å². The average molecular weight is 341 g/mol. The van der Waals surface area contributed by atoms with E-state index in [2.05, 4.69) is 26.8 Å². The number of carbonyl (C=O) groups excluding carboxylic acids is 1. The highest BCUT2D eigenvalue weighted by Gasteiger charge is 2.24. The van der Waals surface area contributed by atoms with Crippen LogP contribution in [-0.4, -0.2) is 60.3 Å². The van der Waals surface area contributed by atoms with Crippen LogP contribution in [0.3, 0.4) is 0 Å². The SMILES string of the molecule is C=CCNc1nc(N2CCN(C(=O)OCC)CC2)nc2ccccc12. The number of aromatic nitrogens is 2. The molecule has 1 aliphatic heterocycles. The molecule has 7 heteroatoms. The van der Waals surface area contributed by atoms with Crippen molar-refractivity contribution >= 4 is 28.8 Å². The van der Waals surface area contributed by atoms with E-state index >= 15 is 0 Å². The second-order valence-electron chi connectivity index (χ2n) is 5.73. The highest BCUT2D eigenvalue weighted by Crippen LogP contribution is 2.24. The quantitative estimate of drug-likeness (QED) is 0.843. The van der Waals surface area contributed by atoms with Crippen LogP contribution in [0.15, 0.2) is 36.9 Å². The van der Waals surface area contributed by atoms with Crippen LogP contribution in [-0.2, 0) is 4.74 Å². The van der Waals surface area contributed by atoms with Gasteiger partial charge in [0.25, 0.3) is 0 Å². The number of nitrogens with zero attached hydrogens (tertiary/aromatic N) is 4. The van der Waals surface area contributed by atoms with Gasteiger partial charge in [-0.3, -0.25) is 0 Å². The van der Waals surface area contributed by atoms with E-state index in [1.165, 1.54) is 0 Å². The Labute approximate surface area is 147 Å². The van der Waals surface area contributed by atoms with Gasteiger partial charge < -0.3 is 19.9 Å². The van der Waals surface area contributed by atoms with Gasteiger partial charge in [0.15, 0.2) is 0 Å². The number of para-hydroxylation sites is 1. The Morgan fingerprint density at radius 2 is 2.04 bits per heavy atom. The maximum Gasteiger partial charge on any atom is 0.409 e. The second-order valence-corrected chi connectivity index (χ2v) is 5.73. The van der Waals surface area contributed by atoms with Crippen LogP contribution in [0.25, 0.3) is 10.9 Å². The molecule has 2 aromatic rings. The molecule has 25 heavy (non-hydrogen) atoms. The van der Waals surface area contributed by atoms with Crippen molar-refractivity contribution in [3.8, 4) is 0 Å². The minimum atomic E-state index is -0.255. The summed E-state index contributed by atoms with van der Waals surface area (Å²) >= 11 is 0. The van der Waals surface area contributed by atoms with Gasteiger partial charge in [0.1, 0.15) is 5.82 Å². The van der Waals surface area contributed by atoms with E-state index in [0.29, 0.717) is 45.3 Å². The number of anilines is 2. The van der Waals surface area contributed by atoms with E-state index in [9.17, 15) is 4.79 Å². The number of hydrogen-bond acceptors (Lipinski definition) is 6. The number of fused-ring (bicyclic) bond motifs is 1. The first-order chi connectivity index (χ1) is 12.2. The Kier molecular flexibility index (Phi) is 5.33. The third-order valence-electron chi connectivity index (χ3n) is 4.09. The first-order valence-electron chi connectivity index (χ1n) is 8.51. The van der Waals surface area contributed by atoms with Gasteiger partial charge in [0, 0.05) is 38.1 Å². The second kappa shape index (κ2) is 7.83. The smallest absolute Gasteiger partial charge is 0.409 e. The van der Waals surface area contributed by atoms with Crippen molar-refractivity contribution < 1.29 is 9.53 Å². The van der Waals surface area contributed by atoms with Gasteiger partial charge in [-0.15, -0.1) is 6.58 Å². The number of hydrogen-bond donors (Lipinski definition) is 1. The van der Waals surface area contributed by atoms with E-state index in [4.69, 9.17) is 4.74 Å². The van der Waals surface area contributed by atoms with Crippen molar-refractivity contribution in [3.63, 3.8) is 0 Å². The first kappa shape index (κ1) is 17.0. The molecule has 0 unspecified atom stereocenters. The van der Waals surface area contributed by atoms with Crippen LogP contribution in [0.1, 0.15) is 6.92 Å². The first-order valence-corrected chi connectivity index (χ1v) is 8.51. The maximum absolute atomic E-state index is 11.8. The molecule has 1 amide bonds. The molecule has 1 N–H and O–H groups in total. The van der Waals surface area contributed by atoms with E-state index in [1.807, 2.05) is 31.2 Å². The van der Waals surface area contributed by atoms with Crippen molar-refractivity contribution in [3.05, 3.63) is 36.9 Å². The lowest BCUT2D eigenvalue weighted by Gasteiger charge is -2.34. The Morgan fingerprint density at radius 1 is 1.28 bits per heavy atom. The highest BCUT2D eigenvalue weighted by atomic mass is 16.6. The summed E-state index contributed by atoms with van der Waals surface area (Å²) in [6.07, 6.45) is 1.55. The summed E-state index contributed by atoms with van der Waals surface area (Å²) in [7, 11) is 0. The van der Waals surface area contributed by atoms with Crippen LogP contribution in [0.2, 0.25) is 0 Å². The zero-order valence-electron chi connectivity index (χ0n) is 14.4. The molecule has 0 spiro atoms. The number of piperazine rings is 1. The van der Waals surface area contributed by atoms with Crippen LogP contribution >= 0.6 is 0 Å². The highest BCUT2D eigenvalue weighted by molar-refractivity contribution is 5.90. The van der Waals surface area contributed by atoms with E-state index in [1.54, 1.807) is 11.0 Å². The van der Waals surface area contributed by atoms with E-state index in [0.717, 1.165) is 16.7 Å². The fourth-order valence-electron chi connectivity index (χ4n) is 2.81. The number of nitrogens with one attached hydrogen (secondary N) is 1. The zero-order valence-corrected chi connectivity index (χ0v) is 14.4. The molecule has 1 fully saturated rings. The molecule has 0 radical (unpaired) electrons. The molecule has 1 aliphatic rings. The standard InChI is InChI=1S/C18H23N5O2/c1-3-9-19-16-14-7-5-6-8-15(14)20-17(21-16)22-10-12-23(13-11-22)18(24)25-4-2/h3,5-8H,1,4,9-13H2,2H3,(H,19,20,21). The normalized spacial score (nSPS) is 14.4. The molecule has 3 rings (SSSR count). The van der Waals surface area contributed by atoms with Gasteiger partial charge in [0.05, 0.1) is 12.1 Å². The predicted molar refractivity (Wildman–Crippen MR) is 99.0 cm³/mol. The van der Waals surface area contributed by atoms with Gasteiger partial charge in [-0.1, -0.05) is 18.2 Å². The van der Waals surface area contributed by atoms with Gasteiger partial charge in [-0.25, -0.2) is 9.78 Å². The summed E-state index contributed by atoms with van der Waals surface area (Å²) in [4.78, 5) is 25.0. The van der Waals surface area contributed by atoms with Gasteiger partial charge in [0.2, 0.25) is 5.95 Å². The molecule has 0 aliphatic carbocycles. The molecule has 1 saturated heterocycles. The molecule has 7 nitrogen and oxygen atoms in total. The Hall–Kier alpha value is -2.83. The molecule has 1 aromatic carbocycles. The zero-order chi connectivity index (χ0) is 17.6. The van der Waals surface area contributed by atoms with Crippen molar-refractivity contribution in [1.29, 1.82) is 0 Å². The number of rotatable bonds is 5. The third kappa shape index (κ3) is 3.81. The Morgan fingerprint density at radius 3 is 2.76 bits per heavy atom. The van der Waals surface area contributed by atoms with E-state index < -0.39 is 0 Å². The topological polar surface area (TPSA) is 70.6 Å². The fraction of sp³-hybridized carbons (Fsp3) is 0.389. The lowest BCUT2D eigenvalue weighted by molar-refractivity contribution is 0.105. The molecule has 0 bridgehead atoms. The molecule has 2 heterocycles. The van der Waals surface area contributed by atoms with Crippen LogP contribution in [0.4, 0.5) is 16.6 Å². The molecular formula is C18H23N5O2. The Bertz CT molecular complexity index is 756. The lowest BCUT2D eigenvalue weighted by Crippen LogP contribution is -2.49. The minimum Gasteiger partial charge on any atom is -0.450 e. The summed E-state index contributed by atoms with van der Waals surface area (Å²) in [6, 6.07) is 7.93. The van der Waals surface area contributed by atoms with Crippen molar-refractivity contribution in [2.45, 2.75) is 6.92 Å². The number of benzene rings is 1. The van der Waals surface area contributed by atoms with Crippen LogP contribution < -0.4 is 10.2 Å². The molecule has 132 valence electrons. The molecule has 0 atom stereocenters. The van der Waals surface area contributed by atoms with Crippen LogP contribution in [0.5, 0.6) is 0 Å². The molecular weight excluding hydrogens is 318 g/mol. The third-order valence-corrected chi connectivity index (χ3v) is 4.09. The summed E-state index contributed by atoms with van der Waals surface area (Å²) in [5.41, 5.74) is 0.895. The predicted octanol–water partition coefficient (Wildman–Crippen LogP) is 2.51. The number of ether oxygens (including phenoxy) is 1.